The minimum absolute atomic E-state index is 0.000196. The van der Waals surface area contributed by atoms with Gasteiger partial charge in [0.2, 0.25) is 11.8 Å². The minimum Gasteiger partial charge on any atom is -0.481 e. The van der Waals surface area contributed by atoms with Crippen LogP contribution in [0.25, 0.3) is 16.9 Å². The summed E-state index contributed by atoms with van der Waals surface area (Å²) >= 11 is 0. The van der Waals surface area contributed by atoms with Crippen LogP contribution in [-0.2, 0) is 0 Å². The van der Waals surface area contributed by atoms with E-state index in [0.717, 1.165) is 16.9 Å². The molecule has 0 fully saturated rings. The second-order valence-electron chi connectivity index (χ2n) is 6.62. The number of hydrogen-bond donors (Lipinski definition) is 2. The summed E-state index contributed by atoms with van der Waals surface area (Å²) < 4.78 is 6.96. The topological polar surface area (TPSA) is 132 Å². The highest BCUT2D eigenvalue weighted by Gasteiger charge is 2.12. The van der Waals surface area contributed by atoms with Gasteiger partial charge in [0.1, 0.15) is 17.2 Å². The summed E-state index contributed by atoms with van der Waals surface area (Å²) in [6.45, 7) is 2.69. The van der Waals surface area contributed by atoms with Crippen molar-refractivity contribution in [1.29, 1.82) is 0 Å². The summed E-state index contributed by atoms with van der Waals surface area (Å²) in [5.41, 5.74) is 2.70. The highest BCUT2D eigenvalue weighted by atomic mass is 16.6. The Morgan fingerprint density at radius 1 is 1.13 bits per heavy atom. The van der Waals surface area contributed by atoms with Gasteiger partial charge >= 0.3 is 0 Å². The number of rotatable bonds is 8. The number of anilines is 2. The van der Waals surface area contributed by atoms with Gasteiger partial charge in [0, 0.05) is 55.4 Å². The third kappa shape index (κ3) is 4.34. The zero-order chi connectivity index (χ0) is 21.8. The lowest BCUT2D eigenvalue weighted by Crippen LogP contribution is -2.17. The van der Waals surface area contributed by atoms with Crippen molar-refractivity contribution in [2.24, 2.45) is 0 Å². The van der Waals surface area contributed by atoms with Crippen molar-refractivity contribution in [2.75, 3.05) is 30.8 Å². The molecule has 4 aromatic heterocycles. The zero-order valence-electron chi connectivity index (χ0n) is 16.9. The molecule has 0 atom stereocenters. The van der Waals surface area contributed by atoms with Crippen LogP contribution in [0.15, 0.2) is 48.9 Å². The molecule has 0 unspecified atom stereocenters. The number of ether oxygens (including phenoxy) is 1. The van der Waals surface area contributed by atoms with Crippen LogP contribution in [0.1, 0.15) is 5.69 Å². The molecule has 0 radical (unpaired) electrons. The number of pyridine rings is 2. The Labute approximate surface area is 177 Å². The van der Waals surface area contributed by atoms with E-state index in [1.807, 2.05) is 22.7 Å². The lowest BCUT2D eigenvalue weighted by atomic mass is 10.2. The maximum absolute atomic E-state index is 10.9. The molecular weight excluding hydrogens is 400 g/mol. The Bertz CT molecular complexity index is 1220. The van der Waals surface area contributed by atoms with E-state index in [4.69, 9.17) is 9.72 Å². The molecular formula is C20H20N8O3. The highest BCUT2D eigenvalue weighted by molar-refractivity contribution is 5.65. The zero-order valence-corrected chi connectivity index (χ0v) is 16.9. The maximum atomic E-state index is 10.9. The van der Waals surface area contributed by atoms with E-state index in [0.29, 0.717) is 36.4 Å². The van der Waals surface area contributed by atoms with Gasteiger partial charge in [0.15, 0.2) is 0 Å². The number of nitrogens with one attached hydrogen (secondary N) is 2. The molecule has 0 aliphatic carbocycles. The van der Waals surface area contributed by atoms with Crippen molar-refractivity contribution in [2.45, 2.75) is 6.92 Å². The molecule has 0 aromatic carbocycles. The Balaban J connectivity index is 1.46. The van der Waals surface area contributed by atoms with Crippen LogP contribution in [0.4, 0.5) is 17.5 Å². The van der Waals surface area contributed by atoms with Gasteiger partial charge in [-0.2, -0.15) is 0 Å². The number of hydrogen-bond acceptors (Lipinski definition) is 9. The lowest BCUT2D eigenvalue weighted by molar-refractivity contribution is -0.385. The number of aryl methyl sites for hydroxylation is 1. The second kappa shape index (κ2) is 8.61. The van der Waals surface area contributed by atoms with Crippen LogP contribution in [0, 0.1) is 17.0 Å². The molecule has 11 heteroatoms. The molecule has 11 nitrogen and oxygen atoms in total. The Morgan fingerprint density at radius 2 is 1.97 bits per heavy atom. The molecule has 0 amide bonds. The van der Waals surface area contributed by atoms with Gasteiger partial charge in [-0.1, -0.05) is 0 Å². The largest absolute Gasteiger partial charge is 0.481 e. The van der Waals surface area contributed by atoms with Gasteiger partial charge in [-0.15, -0.1) is 0 Å². The van der Waals surface area contributed by atoms with Crippen molar-refractivity contribution < 1.29 is 9.66 Å². The normalized spacial score (nSPS) is 10.8. The summed E-state index contributed by atoms with van der Waals surface area (Å²) in [5.74, 6) is 1.74. The van der Waals surface area contributed by atoms with Crippen LogP contribution in [-0.4, -0.2) is 49.5 Å². The van der Waals surface area contributed by atoms with E-state index in [1.165, 1.54) is 6.07 Å². The molecule has 4 aromatic rings. The van der Waals surface area contributed by atoms with E-state index >= 15 is 0 Å². The first kappa shape index (κ1) is 20.0. The average Bonchev–Trinajstić information content (AvgIpc) is 3.25. The van der Waals surface area contributed by atoms with E-state index in [2.05, 4.69) is 25.6 Å². The van der Waals surface area contributed by atoms with Gasteiger partial charge in [0.25, 0.3) is 5.69 Å². The monoisotopic (exact) mass is 420 g/mol. The predicted octanol–water partition coefficient (Wildman–Crippen LogP) is 2.94. The molecule has 0 spiro atoms. The standard InChI is InChI=1S/C20H20N8O3/c1-13-16(28(29)30)4-5-17(25-13)21-7-8-23-20-26-15(11-18-22-9-10-27(18)20)14-3-6-19(31-2)24-12-14/h3-6,9-12H,7-8H2,1-2H3,(H,21,25)(H,23,26). The van der Waals surface area contributed by atoms with Crippen LogP contribution >= 0.6 is 0 Å². The first-order valence-corrected chi connectivity index (χ1v) is 9.49. The molecule has 4 rings (SSSR count). The van der Waals surface area contributed by atoms with Crippen LogP contribution in [0.5, 0.6) is 5.88 Å². The number of fused-ring (bicyclic) bond motifs is 1. The molecule has 0 saturated heterocycles. The Hall–Kier alpha value is -4.28. The number of methoxy groups -OCH3 is 1. The summed E-state index contributed by atoms with van der Waals surface area (Å²) in [5, 5.41) is 17.3. The van der Waals surface area contributed by atoms with Gasteiger partial charge in [-0.25, -0.2) is 19.9 Å². The van der Waals surface area contributed by atoms with Gasteiger partial charge in [-0.05, 0) is 19.1 Å². The number of imidazole rings is 1. The number of nitrogens with zero attached hydrogens (tertiary/aromatic N) is 6. The molecule has 0 aliphatic heterocycles. The van der Waals surface area contributed by atoms with Gasteiger partial charge < -0.3 is 15.4 Å². The van der Waals surface area contributed by atoms with Crippen LogP contribution in [0.2, 0.25) is 0 Å². The number of aromatic nitrogens is 5. The number of nitro groups is 1. The fourth-order valence-corrected chi connectivity index (χ4v) is 3.06. The van der Waals surface area contributed by atoms with Crippen molar-refractivity contribution in [3.8, 4) is 17.1 Å². The fourth-order valence-electron chi connectivity index (χ4n) is 3.06. The minimum atomic E-state index is -0.443. The molecule has 2 N–H and O–H groups in total. The quantitative estimate of drug-likeness (QED) is 0.251. The van der Waals surface area contributed by atoms with E-state index in [1.54, 1.807) is 38.6 Å². The Kier molecular flexibility index (Phi) is 5.56. The molecule has 0 aliphatic rings. The van der Waals surface area contributed by atoms with Crippen molar-refractivity contribution >= 4 is 23.1 Å². The van der Waals surface area contributed by atoms with E-state index < -0.39 is 4.92 Å². The third-order valence-corrected chi connectivity index (χ3v) is 4.60. The Morgan fingerprint density at radius 3 is 2.68 bits per heavy atom. The van der Waals surface area contributed by atoms with Crippen LogP contribution < -0.4 is 15.4 Å². The van der Waals surface area contributed by atoms with Crippen molar-refractivity contribution in [3.63, 3.8) is 0 Å². The molecule has 31 heavy (non-hydrogen) atoms. The molecule has 4 heterocycles. The predicted molar refractivity (Wildman–Crippen MR) is 115 cm³/mol. The summed E-state index contributed by atoms with van der Waals surface area (Å²) in [6.07, 6.45) is 5.24. The average molecular weight is 420 g/mol. The van der Waals surface area contributed by atoms with Crippen molar-refractivity contribution in [1.82, 2.24) is 24.3 Å². The smallest absolute Gasteiger partial charge is 0.290 e. The first-order chi connectivity index (χ1) is 15.0. The van der Waals surface area contributed by atoms with Crippen molar-refractivity contribution in [3.05, 3.63) is 64.7 Å². The van der Waals surface area contributed by atoms with Gasteiger partial charge in [0.05, 0.1) is 17.7 Å². The fraction of sp³-hybridized carbons (Fsp3) is 0.200. The van der Waals surface area contributed by atoms with Crippen LogP contribution in [0.3, 0.4) is 0 Å². The van der Waals surface area contributed by atoms with Gasteiger partial charge in [-0.3, -0.25) is 14.5 Å². The maximum Gasteiger partial charge on any atom is 0.290 e. The van der Waals surface area contributed by atoms with E-state index in [-0.39, 0.29) is 5.69 Å². The summed E-state index contributed by atoms with van der Waals surface area (Å²) in [4.78, 5) is 28.0. The summed E-state index contributed by atoms with van der Waals surface area (Å²) in [7, 11) is 1.57. The first-order valence-electron chi connectivity index (χ1n) is 9.49. The highest BCUT2D eigenvalue weighted by Crippen LogP contribution is 2.22. The summed E-state index contributed by atoms with van der Waals surface area (Å²) in [6, 6.07) is 8.59. The SMILES string of the molecule is COc1ccc(-c2cc3nccn3c(NCCNc3ccc([N+](=O)[O-])c(C)n3)n2)cn1. The van der Waals surface area contributed by atoms with E-state index in [9.17, 15) is 10.1 Å². The molecule has 0 saturated carbocycles. The molecule has 0 bridgehead atoms. The molecule has 158 valence electrons. The third-order valence-electron chi connectivity index (χ3n) is 4.60. The lowest BCUT2D eigenvalue weighted by Gasteiger charge is -2.11. The second-order valence-corrected chi connectivity index (χ2v) is 6.62.